The van der Waals surface area contributed by atoms with E-state index in [9.17, 15) is 19.8 Å². The summed E-state index contributed by atoms with van der Waals surface area (Å²) in [6.07, 6.45) is 0. The van der Waals surface area contributed by atoms with Gasteiger partial charge >= 0.3 is 5.97 Å². The highest BCUT2D eigenvalue weighted by molar-refractivity contribution is 6.01. The maximum Gasteiger partial charge on any atom is 0.313 e. The summed E-state index contributed by atoms with van der Waals surface area (Å²) in [7, 11) is 1.57. The smallest absolute Gasteiger partial charge is 0.313 e. The predicted octanol–water partition coefficient (Wildman–Crippen LogP) is 3.58. The molecule has 0 aromatic heterocycles. The first kappa shape index (κ1) is 22.3. The Morgan fingerprint density at radius 3 is 2.13 bits per heavy atom. The van der Waals surface area contributed by atoms with E-state index >= 15 is 0 Å². The fourth-order valence-electron chi connectivity index (χ4n) is 3.93. The number of hydrogen-bond acceptors (Lipinski definition) is 6. The van der Waals surface area contributed by atoms with Crippen molar-refractivity contribution in [1.29, 1.82) is 0 Å². The van der Waals surface area contributed by atoms with Gasteiger partial charge in [-0.25, -0.2) is 0 Å². The lowest BCUT2D eigenvalue weighted by Gasteiger charge is -2.39. The minimum Gasteiger partial charge on any atom is -0.504 e. The van der Waals surface area contributed by atoms with Crippen LogP contribution < -0.4 is 14.2 Å². The van der Waals surface area contributed by atoms with Gasteiger partial charge in [0.2, 0.25) is 0 Å². The molecule has 0 aliphatic carbocycles. The highest BCUT2D eigenvalue weighted by atomic mass is 16.5. The molecule has 0 bridgehead atoms. The monoisotopic (exact) mass is 429 g/mol. The van der Waals surface area contributed by atoms with Crippen molar-refractivity contribution < 1.29 is 34.0 Å². The number of phenols is 1. The number of hydrogen-bond donors (Lipinski definition) is 2. The van der Waals surface area contributed by atoms with E-state index in [4.69, 9.17) is 14.2 Å². The molecule has 0 spiro atoms. The van der Waals surface area contributed by atoms with E-state index < -0.39 is 17.9 Å². The fraction of sp³-hybridized carbons (Fsp3) is 0.391. The molecule has 8 heteroatoms. The Kier molecular flexibility index (Phi) is 6.58. The number of carboxylic acids is 1. The average molecular weight is 429 g/mol. The lowest BCUT2D eigenvalue weighted by molar-refractivity contribution is -0.140. The molecular weight excluding hydrogens is 402 g/mol. The number of ether oxygens (including phenoxy) is 3. The number of fused-ring (bicyclic) bond motifs is 1. The van der Waals surface area contributed by atoms with Crippen molar-refractivity contribution in [3.63, 3.8) is 0 Å². The molecule has 2 aromatic carbocycles. The summed E-state index contributed by atoms with van der Waals surface area (Å²) < 4.78 is 16.7. The number of carbonyl (C=O) groups excluding carboxylic acids is 1. The summed E-state index contributed by atoms with van der Waals surface area (Å²) in [5.41, 5.74) is 1.17. The molecule has 1 aliphatic rings. The standard InChI is InChI=1S/C23H27NO7/c1-5-29-17-10-13(8-9-16(17)25)21-20(23(27)28)14-11-18(30-6-2)19(31-7-3)12-15(14)22(26)24(21)4/h8-12,20-21,25H,5-7H2,1-4H3,(H,27,28)/t20-,21+/m0/s1. The Labute approximate surface area is 181 Å². The normalized spacial score (nSPS) is 17.8. The molecule has 1 aliphatic heterocycles. The topological polar surface area (TPSA) is 106 Å². The quantitative estimate of drug-likeness (QED) is 0.661. The van der Waals surface area contributed by atoms with Gasteiger partial charge in [-0.15, -0.1) is 0 Å². The Morgan fingerprint density at radius 2 is 1.55 bits per heavy atom. The number of nitrogens with zero attached hydrogens (tertiary/aromatic N) is 1. The molecule has 2 N–H and O–H groups in total. The molecule has 8 nitrogen and oxygen atoms in total. The Bertz CT molecular complexity index is 988. The van der Waals surface area contributed by atoms with Crippen molar-refractivity contribution in [2.24, 2.45) is 0 Å². The first-order chi connectivity index (χ1) is 14.8. The van der Waals surface area contributed by atoms with Gasteiger partial charge in [0.05, 0.1) is 25.9 Å². The van der Waals surface area contributed by atoms with Gasteiger partial charge in [0.25, 0.3) is 5.91 Å². The number of carboxylic acid groups (broad SMARTS) is 1. The number of aliphatic carboxylic acids is 1. The zero-order valence-electron chi connectivity index (χ0n) is 18.0. The van der Waals surface area contributed by atoms with Crippen LogP contribution in [0.3, 0.4) is 0 Å². The van der Waals surface area contributed by atoms with Crippen molar-refractivity contribution in [1.82, 2.24) is 4.90 Å². The van der Waals surface area contributed by atoms with E-state index in [1.165, 1.54) is 11.0 Å². The number of carbonyl (C=O) groups is 2. The largest absolute Gasteiger partial charge is 0.504 e. The van der Waals surface area contributed by atoms with Gasteiger partial charge in [0.15, 0.2) is 23.0 Å². The lowest BCUT2D eigenvalue weighted by atomic mass is 9.79. The van der Waals surface area contributed by atoms with E-state index in [2.05, 4.69) is 0 Å². The van der Waals surface area contributed by atoms with E-state index in [1.54, 1.807) is 38.2 Å². The maximum atomic E-state index is 13.2. The zero-order valence-corrected chi connectivity index (χ0v) is 18.0. The molecule has 0 saturated heterocycles. The summed E-state index contributed by atoms with van der Waals surface area (Å²) in [5.74, 6) is -1.48. The van der Waals surface area contributed by atoms with Crippen LogP contribution in [-0.2, 0) is 4.79 Å². The fourth-order valence-corrected chi connectivity index (χ4v) is 3.93. The van der Waals surface area contributed by atoms with E-state index in [1.807, 2.05) is 13.8 Å². The van der Waals surface area contributed by atoms with E-state index in [0.717, 1.165) is 0 Å². The number of benzene rings is 2. The second kappa shape index (κ2) is 9.16. The predicted molar refractivity (Wildman–Crippen MR) is 113 cm³/mol. The third-order valence-electron chi connectivity index (χ3n) is 5.23. The van der Waals surface area contributed by atoms with Gasteiger partial charge in [-0.2, -0.15) is 0 Å². The van der Waals surface area contributed by atoms with Crippen molar-refractivity contribution in [2.45, 2.75) is 32.7 Å². The number of aromatic hydroxyl groups is 1. The average Bonchev–Trinajstić information content (AvgIpc) is 2.73. The molecular formula is C23H27NO7. The van der Waals surface area contributed by atoms with Crippen LogP contribution in [0.5, 0.6) is 23.0 Å². The second-order valence-corrected chi connectivity index (χ2v) is 7.09. The number of likely N-dealkylation sites (N-methyl/N-ethyl adjacent to an activating group) is 1. The van der Waals surface area contributed by atoms with Gasteiger partial charge in [-0.05, 0) is 56.2 Å². The molecule has 2 atom stereocenters. The third kappa shape index (κ3) is 4.10. The highest BCUT2D eigenvalue weighted by Gasteiger charge is 2.44. The van der Waals surface area contributed by atoms with Crippen molar-refractivity contribution in [3.8, 4) is 23.0 Å². The summed E-state index contributed by atoms with van der Waals surface area (Å²) >= 11 is 0. The van der Waals surface area contributed by atoms with E-state index in [0.29, 0.717) is 42.4 Å². The molecule has 166 valence electrons. The Hall–Kier alpha value is -3.42. The first-order valence-corrected chi connectivity index (χ1v) is 10.2. The number of phenolic OH excluding ortho intramolecular Hbond substituents is 1. The highest BCUT2D eigenvalue weighted by Crippen LogP contribution is 2.46. The summed E-state index contributed by atoms with van der Waals surface area (Å²) in [6.45, 7) is 6.49. The zero-order chi connectivity index (χ0) is 22.7. The molecule has 3 rings (SSSR count). The minimum absolute atomic E-state index is 0.0531. The first-order valence-electron chi connectivity index (χ1n) is 10.2. The second-order valence-electron chi connectivity index (χ2n) is 7.09. The van der Waals surface area contributed by atoms with Gasteiger partial charge in [0, 0.05) is 12.6 Å². The van der Waals surface area contributed by atoms with Gasteiger partial charge < -0.3 is 29.3 Å². The molecule has 0 radical (unpaired) electrons. The molecule has 31 heavy (non-hydrogen) atoms. The Balaban J connectivity index is 2.19. The van der Waals surface area contributed by atoms with Crippen LogP contribution in [0.25, 0.3) is 0 Å². The van der Waals surface area contributed by atoms with Crippen LogP contribution >= 0.6 is 0 Å². The van der Waals surface area contributed by atoms with Crippen LogP contribution in [0.2, 0.25) is 0 Å². The van der Waals surface area contributed by atoms with Crippen LogP contribution in [0, 0.1) is 0 Å². The molecule has 1 heterocycles. The maximum absolute atomic E-state index is 13.2. The summed E-state index contributed by atoms with van der Waals surface area (Å²) in [5, 5.41) is 20.2. The van der Waals surface area contributed by atoms with Gasteiger partial charge in [0.1, 0.15) is 5.92 Å². The van der Waals surface area contributed by atoms with Crippen molar-refractivity contribution >= 4 is 11.9 Å². The SMILES string of the molecule is CCOc1cc([C@@H]2[C@@H](C(=O)O)c3cc(OCC)c(OCC)cc3C(=O)N2C)ccc1O. The van der Waals surface area contributed by atoms with Crippen LogP contribution in [0.15, 0.2) is 30.3 Å². The third-order valence-corrected chi connectivity index (χ3v) is 5.23. The molecule has 0 fully saturated rings. The molecule has 0 unspecified atom stereocenters. The van der Waals surface area contributed by atoms with Crippen LogP contribution in [-0.4, -0.2) is 53.9 Å². The van der Waals surface area contributed by atoms with Gasteiger partial charge in [-0.3, -0.25) is 9.59 Å². The number of amides is 1. The van der Waals surface area contributed by atoms with E-state index in [-0.39, 0.29) is 23.0 Å². The Morgan fingerprint density at radius 1 is 0.968 bits per heavy atom. The minimum atomic E-state index is -1.08. The van der Waals surface area contributed by atoms with Crippen LogP contribution in [0.4, 0.5) is 0 Å². The van der Waals surface area contributed by atoms with Crippen molar-refractivity contribution in [3.05, 3.63) is 47.0 Å². The number of rotatable bonds is 8. The summed E-state index contributed by atoms with van der Waals surface area (Å²) in [4.78, 5) is 27.0. The molecule has 0 saturated carbocycles. The molecule has 2 aromatic rings. The molecule has 1 amide bonds. The van der Waals surface area contributed by atoms with Gasteiger partial charge in [-0.1, -0.05) is 6.07 Å². The van der Waals surface area contributed by atoms with Crippen LogP contribution in [0.1, 0.15) is 54.2 Å². The summed E-state index contributed by atoms with van der Waals surface area (Å²) in [6, 6.07) is 6.96. The lowest BCUT2D eigenvalue weighted by Crippen LogP contribution is -2.42. The van der Waals surface area contributed by atoms with Crippen molar-refractivity contribution in [2.75, 3.05) is 26.9 Å².